The maximum Gasteiger partial charge on any atom is 0.264 e. The zero-order valence-electron chi connectivity index (χ0n) is 17.1. The first-order valence-electron chi connectivity index (χ1n) is 9.79. The number of nitrogens with one attached hydrogen (secondary N) is 1. The summed E-state index contributed by atoms with van der Waals surface area (Å²) >= 11 is 14.0. The van der Waals surface area contributed by atoms with Crippen molar-refractivity contribution in [3.63, 3.8) is 0 Å². The third-order valence-electron chi connectivity index (χ3n) is 4.48. The number of carbonyl (C=O) groups excluding carboxylic acids is 1. The van der Waals surface area contributed by atoms with Gasteiger partial charge in [-0.1, -0.05) is 71.7 Å². The van der Waals surface area contributed by atoms with Crippen LogP contribution in [0.2, 0.25) is 10.0 Å². The molecule has 0 aliphatic carbocycles. The molecule has 0 saturated heterocycles. The van der Waals surface area contributed by atoms with E-state index in [-0.39, 0.29) is 15.6 Å². The number of anilines is 1. The van der Waals surface area contributed by atoms with Crippen molar-refractivity contribution < 1.29 is 13.2 Å². The van der Waals surface area contributed by atoms with Crippen LogP contribution in [0.25, 0.3) is 0 Å². The quantitative estimate of drug-likeness (QED) is 0.380. The van der Waals surface area contributed by atoms with Crippen LogP contribution < -0.4 is 9.62 Å². The summed E-state index contributed by atoms with van der Waals surface area (Å²) in [6.45, 7) is -0.000518. The topological polar surface area (TPSA) is 66.5 Å². The minimum atomic E-state index is -4.04. The van der Waals surface area contributed by atoms with E-state index in [1.807, 2.05) is 30.3 Å². The van der Waals surface area contributed by atoms with Crippen LogP contribution in [0.15, 0.2) is 83.8 Å². The van der Waals surface area contributed by atoms with Gasteiger partial charge in [0.2, 0.25) is 5.91 Å². The highest BCUT2D eigenvalue weighted by molar-refractivity contribution is 7.98. The van der Waals surface area contributed by atoms with E-state index in [9.17, 15) is 13.2 Å². The summed E-state index contributed by atoms with van der Waals surface area (Å²) in [7, 11) is -4.04. The number of thioether (sulfide) groups is 1. The number of carbonyl (C=O) groups is 1. The molecule has 168 valence electrons. The lowest BCUT2D eigenvalue weighted by molar-refractivity contribution is -0.119. The van der Waals surface area contributed by atoms with Crippen LogP contribution in [0.3, 0.4) is 0 Å². The number of nitrogens with zero attached hydrogens (tertiary/aromatic N) is 1. The number of amides is 1. The predicted molar refractivity (Wildman–Crippen MR) is 133 cm³/mol. The second-order valence-electron chi connectivity index (χ2n) is 6.81. The maximum atomic E-state index is 13.3. The summed E-state index contributed by atoms with van der Waals surface area (Å²) < 4.78 is 27.6. The Hall–Kier alpha value is -2.19. The molecule has 0 heterocycles. The molecule has 9 heteroatoms. The van der Waals surface area contributed by atoms with E-state index in [0.29, 0.717) is 17.3 Å². The van der Waals surface area contributed by atoms with Crippen molar-refractivity contribution in [3.8, 4) is 0 Å². The molecule has 0 aromatic heterocycles. The second-order valence-corrected chi connectivity index (χ2v) is 10.6. The van der Waals surface area contributed by atoms with Crippen molar-refractivity contribution in [1.82, 2.24) is 5.32 Å². The minimum absolute atomic E-state index is 0.0576. The first-order valence-corrected chi connectivity index (χ1v) is 13.1. The molecule has 3 rings (SSSR count). The fraction of sp³-hybridized carbons (Fsp3) is 0.174. The van der Waals surface area contributed by atoms with Crippen LogP contribution in [-0.2, 0) is 20.6 Å². The fourth-order valence-electron chi connectivity index (χ4n) is 2.91. The molecular weight excluding hydrogens is 487 g/mol. The molecule has 0 radical (unpaired) electrons. The molecule has 0 saturated carbocycles. The van der Waals surface area contributed by atoms with E-state index in [1.165, 1.54) is 29.8 Å². The van der Waals surface area contributed by atoms with Crippen LogP contribution in [0.5, 0.6) is 0 Å². The highest BCUT2D eigenvalue weighted by Crippen LogP contribution is 2.32. The minimum Gasteiger partial charge on any atom is -0.354 e. The van der Waals surface area contributed by atoms with Gasteiger partial charge >= 0.3 is 0 Å². The number of rotatable bonds is 10. The van der Waals surface area contributed by atoms with E-state index < -0.39 is 22.5 Å². The van der Waals surface area contributed by atoms with Crippen molar-refractivity contribution in [2.24, 2.45) is 0 Å². The van der Waals surface area contributed by atoms with Crippen LogP contribution in [0.4, 0.5) is 5.69 Å². The largest absolute Gasteiger partial charge is 0.354 e. The number of hydrogen-bond acceptors (Lipinski definition) is 4. The molecule has 0 bridgehead atoms. The van der Waals surface area contributed by atoms with Gasteiger partial charge < -0.3 is 5.32 Å². The lowest BCUT2D eigenvalue weighted by atomic mass is 10.2. The Morgan fingerprint density at radius 3 is 2.28 bits per heavy atom. The standard InChI is InChI=1S/C23H22Cl2N2O3S2/c24-19-11-12-21(25)22(15-19)27(32(29,30)20-9-5-2-6-10-20)16-23(28)26-13-14-31-17-18-7-3-1-4-8-18/h1-12,15H,13-14,16-17H2,(H,26,28). The first-order chi connectivity index (χ1) is 15.4. The first kappa shape index (κ1) is 24.5. The number of hydrogen-bond donors (Lipinski definition) is 1. The Morgan fingerprint density at radius 2 is 1.59 bits per heavy atom. The van der Waals surface area contributed by atoms with Crippen molar-refractivity contribution in [2.45, 2.75) is 10.6 Å². The molecular formula is C23H22Cl2N2O3S2. The molecule has 0 aliphatic rings. The molecule has 5 nitrogen and oxygen atoms in total. The Morgan fingerprint density at radius 1 is 0.938 bits per heavy atom. The molecule has 32 heavy (non-hydrogen) atoms. The van der Waals surface area contributed by atoms with Crippen LogP contribution >= 0.6 is 35.0 Å². The van der Waals surface area contributed by atoms with E-state index in [4.69, 9.17) is 23.2 Å². The van der Waals surface area contributed by atoms with Gasteiger partial charge in [0.05, 0.1) is 15.6 Å². The van der Waals surface area contributed by atoms with Gasteiger partial charge in [-0.3, -0.25) is 9.10 Å². The van der Waals surface area contributed by atoms with Crippen molar-refractivity contribution >= 4 is 56.6 Å². The van der Waals surface area contributed by atoms with Crippen molar-refractivity contribution in [1.29, 1.82) is 0 Å². The van der Waals surface area contributed by atoms with Gasteiger partial charge in [-0.2, -0.15) is 11.8 Å². The summed E-state index contributed by atoms with van der Waals surface area (Å²) in [6.07, 6.45) is 0. The smallest absolute Gasteiger partial charge is 0.264 e. The lowest BCUT2D eigenvalue weighted by Crippen LogP contribution is -2.41. The molecule has 0 spiro atoms. The molecule has 0 aliphatic heterocycles. The third kappa shape index (κ3) is 6.65. The van der Waals surface area contributed by atoms with Gasteiger partial charge in [0.25, 0.3) is 10.0 Å². The van der Waals surface area contributed by atoms with Gasteiger partial charge in [0.1, 0.15) is 6.54 Å². The molecule has 1 N–H and O–H groups in total. The fourth-order valence-corrected chi connectivity index (χ4v) is 5.62. The van der Waals surface area contributed by atoms with Gasteiger partial charge in [-0.25, -0.2) is 8.42 Å². The Balaban J connectivity index is 1.69. The zero-order valence-corrected chi connectivity index (χ0v) is 20.2. The Kier molecular flexibility index (Phi) is 8.87. The predicted octanol–water partition coefficient (Wildman–Crippen LogP) is 5.24. The number of sulfonamides is 1. The SMILES string of the molecule is O=C(CN(c1cc(Cl)ccc1Cl)S(=O)(=O)c1ccccc1)NCCSCc1ccccc1. The highest BCUT2D eigenvalue weighted by atomic mass is 35.5. The summed E-state index contributed by atoms with van der Waals surface area (Å²) in [6, 6.07) is 22.4. The Bertz CT molecular complexity index is 1140. The van der Waals surface area contributed by atoms with E-state index in [1.54, 1.807) is 36.0 Å². The average Bonchev–Trinajstić information content (AvgIpc) is 2.80. The van der Waals surface area contributed by atoms with E-state index >= 15 is 0 Å². The normalized spacial score (nSPS) is 11.2. The molecule has 0 unspecified atom stereocenters. The summed E-state index contributed by atoms with van der Waals surface area (Å²) in [5, 5.41) is 3.28. The maximum absolute atomic E-state index is 13.3. The monoisotopic (exact) mass is 508 g/mol. The number of benzene rings is 3. The molecule has 0 atom stereocenters. The van der Waals surface area contributed by atoms with Gasteiger partial charge in [0.15, 0.2) is 0 Å². The van der Waals surface area contributed by atoms with Gasteiger partial charge in [0, 0.05) is 23.1 Å². The second kappa shape index (κ2) is 11.6. The Labute approximate surface area is 202 Å². The van der Waals surface area contributed by atoms with Crippen LogP contribution in [-0.4, -0.2) is 33.2 Å². The molecule has 3 aromatic carbocycles. The third-order valence-corrected chi connectivity index (χ3v) is 7.83. The molecule has 1 amide bonds. The highest BCUT2D eigenvalue weighted by Gasteiger charge is 2.28. The average molecular weight is 509 g/mol. The summed E-state index contributed by atoms with van der Waals surface area (Å²) in [5.74, 6) is 1.11. The molecule has 0 fully saturated rings. The summed E-state index contributed by atoms with van der Waals surface area (Å²) in [5.41, 5.74) is 1.36. The van der Waals surface area contributed by atoms with Crippen LogP contribution in [0, 0.1) is 0 Å². The zero-order chi connectivity index (χ0) is 23.0. The van der Waals surface area contributed by atoms with E-state index in [2.05, 4.69) is 5.32 Å². The van der Waals surface area contributed by atoms with Gasteiger partial charge in [-0.05, 0) is 35.9 Å². The number of halogens is 2. The lowest BCUT2D eigenvalue weighted by Gasteiger charge is -2.25. The van der Waals surface area contributed by atoms with E-state index in [0.717, 1.165) is 10.1 Å². The van der Waals surface area contributed by atoms with Crippen LogP contribution in [0.1, 0.15) is 5.56 Å². The van der Waals surface area contributed by atoms with Gasteiger partial charge in [-0.15, -0.1) is 0 Å². The van der Waals surface area contributed by atoms with Crippen molar-refractivity contribution in [3.05, 3.63) is 94.5 Å². The molecule has 3 aromatic rings. The summed E-state index contributed by atoms with van der Waals surface area (Å²) in [4.78, 5) is 12.7. The van der Waals surface area contributed by atoms with Crippen molar-refractivity contribution in [2.75, 3.05) is 23.1 Å².